The first-order chi connectivity index (χ1) is 16.3. The van der Waals surface area contributed by atoms with Crippen LogP contribution in [0.3, 0.4) is 0 Å². The van der Waals surface area contributed by atoms with Gasteiger partial charge in [0.1, 0.15) is 17.6 Å². The Kier molecular flexibility index (Phi) is 6.96. The number of halogens is 3. The van der Waals surface area contributed by atoms with Gasteiger partial charge in [0.05, 0.1) is 5.56 Å². The van der Waals surface area contributed by atoms with Crippen LogP contribution in [0.5, 0.6) is 0 Å². The first kappa shape index (κ1) is 23.9. The number of nitrogens with zero attached hydrogens (tertiary/aromatic N) is 4. The van der Waals surface area contributed by atoms with Crippen LogP contribution >= 0.6 is 0 Å². The Balaban J connectivity index is 1.40. The second kappa shape index (κ2) is 9.92. The molecule has 0 radical (unpaired) electrons. The van der Waals surface area contributed by atoms with Crippen LogP contribution in [-0.2, 0) is 6.18 Å². The van der Waals surface area contributed by atoms with Crippen LogP contribution in [0, 0.1) is 11.3 Å². The largest absolute Gasteiger partial charge is 0.433 e. The molecule has 1 saturated carbocycles. The number of carbonyl (C=O) groups excluding carboxylic acids is 1. The van der Waals surface area contributed by atoms with E-state index in [1.807, 2.05) is 25.1 Å². The van der Waals surface area contributed by atoms with Crippen molar-refractivity contribution in [1.82, 2.24) is 9.88 Å². The lowest BCUT2D eigenvalue weighted by molar-refractivity contribution is -0.141. The maximum absolute atomic E-state index is 13.1. The van der Waals surface area contributed by atoms with Gasteiger partial charge < -0.3 is 15.1 Å². The maximum Gasteiger partial charge on any atom is 0.433 e. The summed E-state index contributed by atoms with van der Waals surface area (Å²) in [5.41, 5.74) is 1.06. The molecule has 1 aromatic heterocycles. The van der Waals surface area contributed by atoms with Gasteiger partial charge in [-0.1, -0.05) is 31.4 Å². The fourth-order valence-electron chi connectivity index (χ4n) is 4.86. The normalized spacial score (nSPS) is 19.6. The number of hydrogen-bond acceptors (Lipinski definition) is 4. The number of anilines is 2. The van der Waals surface area contributed by atoms with Crippen molar-refractivity contribution in [2.45, 2.75) is 57.2 Å². The maximum atomic E-state index is 13.1. The van der Waals surface area contributed by atoms with Crippen LogP contribution in [0.15, 0.2) is 36.4 Å². The molecule has 1 unspecified atom stereocenters. The smallest absolute Gasteiger partial charge is 0.352 e. The van der Waals surface area contributed by atoms with Crippen LogP contribution < -0.4 is 10.2 Å². The molecule has 180 valence electrons. The molecule has 9 heteroatoms. The van der Waals surface area contributed by atoms with Crippen molar-refractivity contribution in [2.24, 2.45) is 0 Å². The minimum absolute atomic E-state index is 0.00235. The van der Waals surface area contributed by atoms with Crippen LogP contribution in [0.25, 0.3) is 0 Å². The van der Waals surface area contributed by atoms with Gasteiger partial charge in [0.15, 0.2) is 0 Å². The summed E-state index contributed by atoms with van der Waals surface area (Å²) in [6.07, 6.45) is 1.65. The van der Waals surface area contributed by atoms with Crippen molar-refractivity contribution in [2.75, 3.05) is 29.9 Å². The molecule has 1 saturated heterocycles. The summed E-state index contributed by atoms with van der Waals surface area (Å²) in [6, 6.07) is 11.3. The lowest BCUT2D eigenvalue weighted by Gasteiger charge is -2.40. The minimum Gasteiger partial charge on any atom is -0.352 e. The Morgan fingerprint density at radius 1 is 1.09 bits per heavy atom. The number of alkyl halides is 3. The number of aromatic nitrogens is 1. The van der Waals surface area contributed by atoms with Gasteiger partial charge in [-0.25, -0.2) is 9.78 Å². The lowest BCUT2D eigenvalue weighted by Crippen LogP contribution is -2.55. The molecule has 1 aromatic carbocycles. The topological polar surface area (TPSA) is 72.3 Å². The summed E-state index contributed by atoms with van der Waals surface area (Å²) < 4.78 is 39.4. The molecule has 1 atom stereocenters. The monoisotopic (exact) mass is 471 g/mol. The van der Waals surface area contributed by atoms with E-state index >= 15 is 0 Å². The predicted octanol–water partition coefficient (Wildman–Crippen LogP) is 5.76. The van der Waals surface area contributed by atoms with Crippen LogP contribution in [0.1, 0.15) is 61.8 Å². The second-order valence-corrected chi connectivity index (χ2v) is 9.05. The molecule has 6 nitrogen and oxygen atoms in total. The quantitative estimate of drug-likeness (QED) is 0.618. The van der Waals surface area contributed by atoms with Crippen molar-refractivity contribution in [3.05, 3.63) is 53.2 Å². The molecule has 34 heavy (non-hydrogen) atoms. The van der Waals surface area contributed by atoms with Crippen LogP contribution in [0.2, 0.25) is 0 Å². The van der Waals surface area contributed by atoms with E-state index in [9.17, 15) is 23.2 Å². The van der Waals surface area contributed by atoms with Crippen LogP contribution in [0.4, 0.5) is 29.5 Å². The average Bonchev–Trinajstić information content (AvgIpc) is 2.84. The van der Waals surface area contributed by atoms with Crippen molar-refractivity contribution in [3.63, 3.8) is 0 Å². The molecule has 0 spiro atoms. The van der Waals surface area contributed by atoms with Crippen molar-refractivity contribution < 1.29 is 18.0 Å². The molecule has 1 aliphatic heterocycles. The number of benzene rings is 1. The molecule has 2 aliphatic rings. The lowest BCUT2D eigenvalue weighted by atomic mass is 9.84. The summed E-state index contributed by atoms with van der Waals surface area (Å²) in [5.74, 6) is 0.594. The summed E-state index contributed by atoms with van der Waals surface area (Å²) in [4.78, 5) is 19.9. The van der Waals surface area contributed by atoms with E-state index in [-0.39, 0.29) is 36.5 Å². The zero-order valence-corrected chi connectivity index (χ0v) is 19.1. The molecular weight excluding hydrogens is 443 g/mol. The standard InChI is InChI=1S/C25H28F3N5O/c1-17-16-32(23-20(15-29)9-12-22(31-23)25(26,27)28)13-14-33(17)24(34)30-21-10-7-19(8-11-21)18-5-3-2-4-6-18/h7-12,17-18H,2-6,13-14,16H2,1H3,(H,30,34). The van der Waals surface area contributed by atoms with Crippen molar-refractivity contribution in [1.29, 1.82) is 5.26 Å². The number of nitrogens with one attached hydrogen (secondary N) is 1. The molecule has 1 N–H and O–H groups in total. The van der Waals surface area contributed by atoms with Gasteiger partial charge in [-0.05, 0) is 55.5 Å². The summed E-state index contributed by atoms with van der Waals surface area (Å²) in [5, 5.41) is 12.3. The fraction of sp³-hybridized carbons (Fsp3) is 0.480. The zero-order chi connectivity index (χ0) is 24.3. The Labute approximate surface area is 197 Å². The molecule has 1 aliphatic carbocycles. The number of nitriles is 1. The van der Waals surface area contributed by atoms with Crippen LogP contribution in [-0.4, -0.2) is 41.6 Å². The van der Waals surface area contributed by atoms with E-state index in [1.54, 1.807) is 9.80 Å². The molecule has 2 aromatic rings. The van der Waals surface area contributed by atoms with Gasteiger partial charge in [-0.2, -0.15) is 18.4 Å². The molecule has 4 rings (SSSR count). The Bertz CT molecular complexity index is 1060. The van der Waals surface area contributed by atoms with Gasteiger partial charge in [0.25, 0.3) is 0 Å². The average molecular weight is 472 g/mol. The van der Waals surface area contributed by atoms with Crippen molar-refractivity contribution >= 4 is 17.5 Å². The number of amides is 2. The highest BCUT2D eigenvalue weighted by Gasteiger charge is 2.35. The molecule has 2 heterocycles. The molecule has 2 amide bonds. The number of pyridine rings is 1. The number of rotatable bonds is 3. The number of carbonyl (C=O) groups is 1. The number of piperazine rings is 1. The number of urea groups is 1. The fourth-order valence-corrected chi connectivity index (χ4v) is 4.86. The van der Waals surface area contributed by atoms with E-state index in [4.69, 9.17) is 0 Å². The second-order valence-electron chi connectivity index (χ2n) is 9.05. The summed E-state index contributed by atoms with van der Waals surface area (Å²) >= 11 is 0. The third-order valence-corrected chi connectivity index (χ3v) is 6.71. The van der Waals surface area contributed by atoms with E-state index < -0.39 is 11.9 Å². The molecule has 0 bridgehead atoms. The number of hydrogen-bond donors (Lipinski definition) is 1. The van der Waals surface area contributed by atoms with Gasteiger partial charge in [0.2, 0.25) is 0 Å². The van der Waals surface area contributed by atoms with Gasteiger partial charge in [-0.15, -0.1) is 0 Å². The molecular formula is C25H28F3N5O. The van der Waals surface area contributed by atoms with E-state index in [2.05, 4.69) is 22.4 Å². The van der Waals surface area contributed by atoms with Crippen molar-refractivity contribution in [3.8, 4) is 6.07 Å². The zero-order valence-electron chi connectivity index (χ0n) is 19.1. The third kappa shape index (κ3) is 5.27. The Morgan fingerprint density at radius 2 is 1.79 bits per heavy atom. The molecule has 2 fully saturated rings. The highest BCUT2D eigenvalue weighted by Crippen LogP contribution is 2.33. The first-order valence-corrected chi connectivity index (χ1v) is 11.7. The summed E-state index contributed by atoms with van der Waals surface area (Å²) in [6.45, 7) is 2.69. The third-order valence-electron chi connectivity index (χ3n) is 6.71. The minimum atomic E-state index is -4.59. The van der Waals surface area contributed by atoms with E-state index in [1.165, 1.54) is 37.7 Å². The summed E-state index contributed by atoms with van der Waals surface area (Å²) in [7, 11) is 0. The predicted molar refractivity (Wildman–Crippen MR) is 124 cm³/mol. The first-order valence-electron chi connectivity index (χ1n) is 11.7. The van der Waals surface area contributed by atoms with E-state index in [0.717, 1.165) is 12.1 Å². The SMILES string of the molecule is CC1CN(c2nc(C(F)(F)F)ccc2C#N)CCN1C(=O)Nc1ccc(C2CCCCC2)cc1. The highest BCUT2D eigenvalue weighted by atomic mass is 19.4. The van der Waals surface area contributed by atoms with Gasteiger partial charge in [-0.3, -0.25) is 0 Å². The highest BCUT2D eigenvalue weighted by molar-refractivity contribution is 5.89. The van der Waals surface area contributed by atoms with E-state index in [0.29, 0.717) is 18.2 Å². The van der Waals surface area contributed by atoms with Gasteiger partial charge >= 0.3 is 12.2 Å². The van der Waals surface area contributed by atoms with Gasteiger partial charge in [0, 0.05) is 31.4 Å². The Hall–Kier alpha value is -3.28. The Morgan fingerprint density at radius 3 is 2.41 bits per heavy atom.